The van der Waals surface area contributed by atoms with E-state index in [1.807, 2.05) is 18.3 Å². The van der Waals surface area contributed by atoms with Crippen LogP contribution in [-0.4, -0.2) is 19.2 Å². The number of aryl methyl sites for hydroxylation is 1. The molecule has 0 spiro atoms. The van der Waals surface area contributed by atoms with E-state index < -0.39 is 0 Å². The second-order valence-electron chi connectivity index (χ2n) is 4.94. The van der Waals surface area contributed by atoms with E-state index in [0.29, 0.717) is 0 Å². The molecule has 22 heavy (non-hydrogen) atoms. The highest BCUT2D eigenvalue weighted by molar-refractivity contribution is 7.99. The van der Waals surface area contributed by atoms with Crippen LogP contribution in [0.2, 0.25) is 0 Å². The van der Waals surface area contributed by atoms with Gasteiger partial charge in [0.25, 0.3) is 0 Å². The van der Waals surface area contributed by atoms with Crippen molar-refractivity contribution in [1.82, 2.24) is 4.98 Å². The van der Waals surface area contributed by atoms with Crippen LogP contribution in [0.1, 0.15) is 12.5 Å². The zero-order valence-electron chi connectivity index (χ0n) is 13.0. The first kappa shape index (κ1) is 14.9. The molecule has 1 N–H and O–H groups in total. The second-order valence-corrected chi connectivity index (χ2v) is 6.02. The number of H-pyrrole nitrogens is 1. The maximum absolute atomic E-state index is 5.53. The summed E-state index contributed by atoms with van der Waals surface area (Å²) in [5.41, 5.74) is 2.32. The highest BCUT2D eigenvalue weighted by Gasteiger charge is 2.15. The summed E-state index contributed by atoms with van der Waals surface area (Å²) in [6.45, 7) is 2.18. The molecule has 3 aromatic rings. The first-order chi connectivity index (χ1) is 10.8. The molecule has 0 bridgehead atoms. The monoisotopic (exact) mass is 313 g/mol. The lowest BCUT2D eigenvalue weighted by molar-refractivity contribution is 0.410. The Bertz CT molecular complexity index is 795. The van der Waals surface area contributed by atoms with Crippen molar-refractivity contribution in [2.75, 3.05) is 14.2 Å². The number of methoxy groups -OCH3 is 2. The summed E-state index contributed by atoms with van der Waals surface area (Å²) in [5, 5.41) is 1.07. The van der Waals surface area contributed by atoms with Gasteiger partial charge >= 0.3 is 0 Å². The van der Waals surface area contributed by atoms with E-state index in [2.05, 4.69) is 36.2 Å². The Balaban J connectivity index is 2.11. The van der Waals surface area contributed by atoms with Crippen molar-refractivity contribution in [3.05, 3.63) is 48.2 Å². The standard InChI is InChI=1S/C18H19NO2S/c1-4-12-7-5-6-8-15(12)22-16-11-19-18-14(21-3)10-9-13(20-2)17(16)18/h5-11,19H,4H2,1-3H3. The average Bonchev–Trinajstić information content (AvgIpc) is 2.98. The molecule has 0 unspecified atom stereocenters. The van der Waals surface area contributed by atoms with Gasteiger partial charge in [-0.3, -0.25) is 0 Å². The first-order valence-corrected chi connectivity index (χ1v) is 8.08. The Morgan fingerprint density at radius 1 is 0.955 bits per heavy atom. The topological polar surface area (TPSA) is 34.2 Å². The zero-order valence-corrected chi connectivity index (χ0v) is 13.8. The lowest BCUT2D eigenvalue weighted by Crippen LogP contribution is -1.89. The number of hydrogen-bond donors (Lipinski definition) is 1. The van der Waals surface area contributed by atoms with Crippen LogP contribution < -0.4 is 9.47 Å². The molecule has 0 aliphatic heterocycles. The highest BCUT2D eigenvalue weighted by Crippen LogP contribution is 2.42. The summed E-state index contributed by atoms with van der Waals surface area (Å²) in [5.74, 6) is 1.68. The third-order valence-corrected chi connectivity index (χ3v) is 4.90. The van der Waals surface area contributed by atoms with Gasteiger partial charge in [-0.15, -0.1) is 0 Å². The minimum absolute atomic E-state index is 0.825. The lowest BCUT2D eigenvalue weighted by atomic mass is 10.2. The summed E-state index contributed by atoms with van der Waals surface area (Å²) < 4.78 is 11.0. The molecule has 0 aliphatic carbocycles. The molecule has 0 aliphatic rings. The third-order valence-electron chi connectivity index (χ3n) is 3.74. The van der Waals surface area contributed by atoms with Gasteiger partial charge in [-0.1, -0.05) is 36.9 Å². The van der Waals surface area contributed by atoms with E-state index >= 15 is 0 Å². The van der Waals surface area contributed by atoms with Gasteiger partial charge in [-0.2, -0.15) is 0 Å². The van der Waals surface area contributed by atoms with Crippen LogP contribution in [0.4, 0.5) is 0 Å². The molecule has 4 heteroatoms. The van der Waals surface area contributed by atoms with Crippen LogP contribution in [0.5, 0.6) is 11.5 Å². The average molecular weight is 313 g/mol. The number of aromatic nitrogens is 1. The van der Waals surface area contributed by atoms with Gasteiger partial charge in [0.05, 0.1) is 25.1 Å². The Kier molecular flexibility index (Phi) is 4.29. The molecule has 3 rings (SSSR count). The molecule has 0 saturated heterocycles. The van der Waals surface area contributed by atoms with E-state index in [4.69, 9.17) is 9.47 Å². The minimum Gasteiger partial charge on any atom is -0.496 e. The number of ether oxygens (including phenoxy) is 2. The van der Waals surface area contributed by atoms with Crippen molar-refractivity contribution in [2.45, 2.75) is 23.1 Å². The van der Waals surface area contributed by atoms with E-state index in [9.17, 15) is 0 Å². The molecule has 0 saturated carbocycles. The van der Waals surface area contributed by atoms with Crippen molar-refractivity contribution in [1.29, 1.82) is 0 Å². The quantitative estimate of drug-likeness (QED) is 0.727. The summed E-state index contributed by atoms with van der Waals surface area (Å²) in [4.78, 5) is 5.73. The number of fused-ring (bicyclic) bond motifs is 1. The largest absolute Gasteiger partial charge is 0.496 e. The summed E-state index contributed by atoms with van der Waals surface area (Å²) >= 11 is 1.76. The Morgan fingerprint density at radius 2 is 1.68 bits per heavy atom. The predicted molar refractivity (Wildman–Crippen MR) is 91.3 cm³/mol. The number of aromatic amines is 1. The summed E-state index contributed by atoms with van der Waals surface area (Å²) in [6.07, 6.45) is 3.04. The van der Waals surface area contributed by atoms with Crippen molar-refractivity contribution >= 4 is 22.7 Å². The van der Waals surface area contributed by atoms with Gasteiger partial charge in [-0.05, 0) is 30.2 Å². The van der Waals surface area contributed by atoms with Gasteiger partial charge in [0.1, 0.15) is 11.5 Å². The molecular formula is C18H19NO2S. The van der Waals surface area contributed by atoms with Crippen LogP contribution in [0.25, 0.3) is 10.9 Å². The van der Waals surface area contributed by atoms with Gasteiger partial charge in [0.2, 0.25) is 0 Å². The Hall–Kier alpha value is -2.07. The molecule has 1 heterocycles. The van der Waals surface area contributed by atoms with E-state index in [0.717, 1.165) is 33.7 Å². The Morgan fingerprint density at radius 3 is 2.41 bits per heavy atom. The van der Waals surface area contributed by atoms with Gasteiger partial charge in [0.15, 0.2) is 0 Å². The van der Waals surface area contributed by atoms with Crippen molar-refractivity contribution in [2.24, 2.45) is 0 Å². The maximum Gasteiger partial charge on any atom is 0.143 e. The summed E-state index contributed by atoms with van der Waals surface area (Å²) in [7, 11) is 3.38. The zero-order chi connectivity index (χ0) is 15.5. The van der Waals surface area contributed by atoms with E-state index in [-0.39, 0.29) is 0 Å². The molecular weight excluding hydrogens is 294 g/mol. The molecule has 3 nitrogen and oxygen atoms in total. The number of benzene rings is 2. The van der Waals surface area contributed by atoms with Gasteiger partial charge < -0.3 is 14.5 Å². The third kappa shape index (κ3) is 2.55. The maximum atomic E-state index is 5.53. The normalized spacial score (nSPS) is 10.9. The van der Waals surface area contributed by atoms with E-state index in [1.54, 1.807) is 26.0 Å². The summed E-state index contributed by atoms with van der Waals surface area (Å²) in [6, 6.07) is 12.4. The van der Waals surface area contributed by atoms with Crippen LogP contribution in [-0.2, 0) is 6.42 Å². The van der Waals surface area contributed by atoms with Crippen molar-refractivity contribution in [3.8, 4) is 11.5 Å². The second kappa shape index (κ2) is 6.36. The van der Waals surface area contributed by atoms with Crippen molar-refractivity contribution in [3.63, 3.8) is 0 Å². The molecule has 0 radical (unpaired) electrons. The highest BCUT2D eigenvalue weighted by atomic mass is 32.2. The van der Waals surface area contributed by atoms with Gasteiger partial charge in [-0.25, -0.2) is 0 Å². The molecule has 1 aromatic heterocycles. The fraction of sp³-hybridized carbons (Fsp3) is 0.222. The smallest absolute Gasteiger partial charge is 0.143 e. The molecule has 0 fully saturated rings. The fourth-order valence-electron chi connectivity index (χ4n) is 2.60. The SMILES string of the molecule is CCc1ccccc1Sc1c[nH]c2c(OC)ccc(OC)c12. The number of rotatable bonds is 5. The van der Waals surface area contributed by atoms with Gasteiger partial charge in [0, 0.05) is 16.0 Å². The predicted octanol–water partition coefficient (Wildman–Crippen LogP) is 4.90. The lowest BCUT2D eigenvalue weighted by Gasteiger charge is -2.09. The van der Waals surface area contributed by atoms with Crippen LogP contribution >= 0.6 is 11.8 Å². The molecule has 0 atom stereocenters. The fourth-order valence-corrected chi connectivity index (χ4v) is 3.75. The number of hydrogen-bond acceptors (Lipinski definition) is 3. The minimum atomic E-state index is 0.825. The van der Waals surface area contributed by atoms with Crippen molar-refractivity contribution < 1.29 is 9.47 Å². The molecule has 2 aromatic carbocycles. The number of nitrogens with one attached hydrogen (secondary N) is 1. The van der Waals surface area contributed by atoms with Crippen LogP contribution in [0.15, 0.2) is 52.4 Å². The van der Waals surface area contributed by atoms with Crippen LogP contribution in [0, 0.1) is 0 Å². The van der Waals surface area contributed by atoms with E-state index in [1.165, 1.54) is 10.5 Å². The Labute approximate surface area is 134 Å². The van der Waals surface area contributed by atoms with Crippen LogP contribution in [0.3, 0.4) is 0 Å². The first-order valence-electron chi connectivity index (χ1n) is 7.26. The molecule has 114 valence electrons. The molecule has 0 amide bonds.